The zero-order valence-corrected chi connectivity index (χ0v) is 12.5. The van der Waals surface area contributed by atoms with Crippen molar-refractivity contribution in [1.29, 1.82) is 0 Å². The molecule has 0 atom stereocenters. The number of hydrogen-bond acceptors (Lipinski definition) is 2. The van der Waals surface area contributed by atoms with E-state index in [1.807, 2.05) is 23.0 Å². The minimum absolute atomic E-state index is 0.354. The number of benzene rings is 1. The Morgan fingerprint density at radius 2 is 2.29 bits per heavy atom. The van der Waals surface area contributed by atoms with Gasteiger partial charge in [0.05, 0.1) is 16.3 Å². The van der Waals surface area contributed by atoms with Crippen LogP contribution in [0, 0.1) is 3.57 Å². The van der Waals surface area contributed by atoms with E-state index < -0.39 is 0 Å². The van der Waals surface area contributed by atoms with Crippen LogP contribution in [0.1, 0.15) is 11.1 Å². The smallest absolute Gasteiger partial charge is 0.104 e. The van der Waals surface area contributed by atoms with Crippen LogP contribution in [0.4, 0.5) is 0 Å². The van der Waals surface area contributed by atoms with Crippen molar-refractivity contribution < 1.29 is 0 Å². The Balaban J connectivity index is 2.25. The molecule has 17 heavy (non-hydrogen) atoms. The molecule has 0 radical (unpaired) electrons. The van der Waals surface area contributed by atoms with Crippen molar-refractivity contribution in [3.63, 3.8) is 0 Å². The average Bonchev–Trinajstić information content (AvgIpc) is 2.67. The molecule has 1 aromatic heterocycles. The van der Waals surface area contributed by atoms with Gasteiger partial charge in [-0.3, -0.25) is 4.68 Å². The van der Waals surface area contributed by atoms with Gasteiger partial charge in [0.15, 0.2) is 0 Å². The highest BCUT2D eigenvalue weighted by molar-refractivity contribution is 14.1. The van der Waals surface area contributed by atoms with Crippen LogP contribution >= 0.6 is 46.4 Å². The topological polar surface area (TPSA) is 43.8 Å². The van der Waals surface area contributed by atoms with Crippen LogP contribution in [0.15, 0.2) is 30.6 Å². The lowest BCUT2D eigenvalue weighted by molar-refractivity contribution is 0.686. The Hall–Kier alpha value is -0.660. The molecule has 3 nitrogen and oxygen atoms in total. The number of thiocarbonyl (C=S) groups is 1. The highest BCUT2D eigenvalue weighted by Crippen LogP contribution is 2.19. The molecule has 1 heterocycles. The van der Waals surface area contributed by atoms with Crippen molar-refractivity contribution in [1.82, 2.24) is 9.78 Å². The van der Waals surface area contributed by atoms with Crippen LogP contribution in [-0.2, 0) is 6.54 Å². The number of nitrogens with zero attached hydrogens (tertiary/aromatic N) is 2. The van der Waals surface area contributed by atoms with Gasteiger partial charge in [0.2, 0.25) is 0 Å². The largest absolute Gasteiger partial charge is 0.389 e. The lowest BCUT2D eigenvalue weighted by Crippen LogP contribution is -2.10. The third-order valence-corrected chi connectivity index (χ3v) is 3.42. The molecule has 0 aliphatic carbocycles. The molecule has 0 saturated heterocycles. The SMILES string of the molecule is NC(=S)c1ccc(Cn2cc(I)cn2)c(Cl)c1. The van der Waals surface area contributed by atoms with Gasteiger partial charge < -0.3 is 5.73 Å². The number of rotatable bonds is 3. The first-order valence-corrected chi connectivity index (χ1v) is 6.69. The molecule has 1 aromatic carbocycles. The summed E-state index contributed by atoms with van der Waals surface area (Å²) in [6.45, 7) is 0.638. The van der Waals surface area contributed by atoms with E-state index in [-0.39, 0.29) is 0 Å². The van der Waals surface area contributed by atoms with Gasteiger partial charge in [0, 0.05) is 16.8 Å². The molecule has 0 fully saturated rings. The Kier molecular flexibility index (Phi) is 4.01. The van der Waals surface area contributed by atoms with Gasteiger partial charge in [-0.05, 0) is 34.2 Å². The van der Waals surface area contributed by atoms with Crippen molar-refractivity contribution in [2.45, 2.75) is 6.54 Å². The van der Waals surface area contributed by atoms with E-state index >= 15 is 0 Å². The summed E-state index contributed by atoms with van der Waals surface area (Å²) in [7, 11) is 0. The van der Waals surface area contributed by atoms with E-state index in [9.17, 15) is 0 Å². The van der Waals surface area contributed by atoms with E-state index in [2.05, 4.69) is 27.7 Å². The van der Waals surface area contributed by atoms with Crippen LogP contribution < -0.4 is 5.73 Å². The van der Waals surface area contributed by atoms with Crippen molar-refractivity contribution in [3.8, 4) is 0 Å². The second kappa shape index (κ2) is 5.32. The first-order chi connectivity index (χ1) is 8.06. The summed E-state index contributed by atoms with van der Waals surface area (Å²) >= 11 is 13.3. The van der Waals surface area contributed by atoms with Crippen molar-refractivity contribution in [2.75, 3.05) is 0 Å². The number of nitrogens with two attached hydrogens (primary N) is 1. The van der Waals surface area contributed by atoms with E-state index in [0.29, 0.717) is 16.6 Å². The van der Waals surface area contributed by atoms with Gasteiger partial charge in [-0.1, -0.05) is 36.0 Å². The summed E-state index contributed by atoms with van der Waals surface area (Å²) in [5, 5.41) is 4.86. The highest BCUT2D eigenvalue weighted by Gasteiger charge is 2.05. The summed E-state index contributed by atoms with van der Waals surface area (Å²) in [6, 6.07) is 5.58. The maximum absolute atomic E-state index is 6.17. The fraction of sp³-hybridized carbons (Fsp3) is 0.0909. The molecule has 0 bridgehead atoms. The fourth-order valence-electron chi connectivity index (χ4n) is 1.43. The monoisotopic (exact) mass is 377 g/mol. The number of halogens is 2. The van der Waals surface area contributed by atoms with Crippen LogP contribution in [0.3, 0.4) is 0 Å². The van der Waals surface area contributed by atoms with Crippen molar-refractivity contribution in [2.24, 2.45) is 5.73 Å². The van der Waals surface area contributed by atoms with Crippen LogP contribution in [0.25, 0.3) is 0 Å². The normalized spacial score (nSPS) is 10.5. The maximum atomic E-state index is 6.17. The summed E-state index contributed by atoms with van der Waals surface area (Å²) in [5.74, 6) is 0. The van der Waals surface area contributed by atoms with Crippen LogP contribution in [-0.4, -0.2) is 14.8 Å². The zero-order chi connectivity index (χ0) is 12.4. The lowest BCUT2D eigenvalue weighted by atomic mass is 10.1. The van der Waals surface area contributed by atoms with Gasteiger partial charge in [0.25, 0.3) is 0 Å². The predicted molar refractivity (Wildman–Crippen MR) is 81.4 cm³/mol. The fourth-order valence-corrected chi connectivity index (χ4v) is 2.24. The van der Waals surface area contributed by atoms with E-state index in [1.165, 1.54) is 0 Å². The van der Waals surface area contributed by atoms with E-state index in [1.54, 1.807) is 12.3 Å². The standard InChI is InChI=1S/C11H9ClIN3S/c12-10-3-7(11(14)17)1-2-8(10)5-16-6-9(13)4-15-16/h1-4,6H,5H2,(H2,14,17). The molecule has 0 amide bonds. The third-order valence-electron chi connectivity index (χ3n) is 2.27. The molecule has 0 aliphatic rings. The third kappa shape index (κ3) is 3.17. The molecule has 0 unspecified atom stereocenters. The van der Waals surface area contributed by atoms with Crippen molar-refractivity contribution >= 4 is 51.4 Å². The van der Waals surface area contributed by atoms with Gasteiger partial charge in [0.1, 0.15) is 4.99 Å². The molecular formula is C11H9ClIN3S. The first-order valence-electron chi connectivity index (χ1n) is 4.82. The number of hydrogen-bond donors (Lipinski definition) is 1. The molecule has 0 spiro atoms. The summed E-state index contributed by atoms with van der Waals surface area (Å²) in [5.41, 5.74) is 7.32. The molecule has 2 aromatic rings. The van der Waals surface area contributed by atoms with Gasteiger partial charge in [-0.2, -0.15) is 5.10 Å². The molecule has 0 aliphatic heterocycles. The Morgan fingerprint density at radius 1 is 1.53 bits per heavy atom. The van der Waals surface area contributed by atoms with E-state index in [4.69, 9.17) is 29.6 Å². The Bertz CT molecular complexity index is 568. The summed E-state index contributed by atoms with van der Waals surface area (Å²) in [4.78, 5) is 0.354. The second-order valence-corrected chi connectivity index (χ2v) is 5.62. The van der Waals surface area contributed by atoms with Gasteiger partial charge in [-0.25, -0.2) is 0 Å². The zero-order valence-electron chi connectivity index (χ0n) is 8.73. The second-order valence-electron chi connectivity index (χ2n) is 3.53. The highest BCUT2D eigenvalue weighted by atomic mass is 127. The molecule has 2 rings (SSSR count). The van der Waals surface area contributed by atoms with E-state index in [0.717, 1.165) is 14.7 Å². The van der Waals surface area contributed by atoms with Gasteiger partial charge in [-0.15, -0.1) is 0 Å². The minimum atomic E-state index is 0.354. The molecule has 6 heteroatoms. The minimum Gasteiger partial charge on any atom is -0.389 e. The van der Waals surface area contributed by atoms with Crippen LogP contribution in [0.2, 0.25) is 5.02 Å². The predicted octanol–water partition coefficient (Wildman–Crippen LogP) is 2.82. The summed E-state index contributed by atoms with van der Waals surface area (Å²) in [6.07, 6.45) is 3.76. The Labute approximate surface area is 123 Å². The van der Waals surface area contributed by atoms with Gasteiger partial charge >= 0.3 is 0 Å². The van der Waals surface area contributed by atoms with Crippen LogP contribution in [0.5, 0.6) is 0 Å². The molecule has 0 saturated carbocycles. The molecule has 88 valence electrons. The maximum Gasteiger partial charge on any atom is 0.104 e. The summed E-state index contributed by atoms with van der Waals surface area (Å²) < 4.78 is 2.93. The average molecular weight is 378 g/mol. The quantitative estimate of drug-likeness (QED) is 0.661. The number of aromatic nitrogens is 2. The lowest BCUT2D eigenvalue weighted by Gasteiger charge is -2.06. The van der Waals surface area contributed by atoms with Crippen molar-refractivity contribution in [3.05, 3.63) is 50.3 Å². The first kappa shape index (κ1) is 12.8. The molecular weight excluding hydrogens is 369 g/mol. The molecule has 2 N–H and O–H groups in total. The Morgan fingerprint density at radius 3 is 2.82 bits per heavy atom.